The van der Waals surface area contributed by atoms with Gasteiger partial charge in [-0.2, -0.15) is 0 Å². The summed E-state index contributed by atoms with van der Waals surface area (Å²) in [7, 11) is 0. The van der Waals surface area contributed by atoms with Crippen LogP contribution in [0.25, 0.3) is 10.8 Å². The van der Waals surface area contributed by atoms with Crippen LogP contribution >= 0.6 is 0 Å². The summed E-state index contributed by atoms with van der Waals surface area (Å²) in [5.74, 6) is -1.93. The fourth-order valence-electron chi connectivity index (χ4n) is 3.35. The number of nitrogens with one attached hydrogen (secondary N) is 1. The van der Waals surface area contributed by atoms with Gasteiger partial charge in [0.2, 0.25) is 5.92 Å². The lowest BCUT2D eigenvalue weighted by atomic mass is 9.87. The Morgan fingerprint density at radius 3 is 2.74 bits per heavy atom. The average Bonchev–Trinajstić information content (AvgIpc) is 2.66. The van der Waals surface area contributed by atoms with Crippen molar-refractivity contribution in [3.8, 4) is 5.75 Å². The summed E-state index contributed by atoms with van der Waals surface area (Å²) >= 11 is 0. The first kappa shape index (κ1) is 19.5. The zero-order valence-electron chi connectivity index (χ0n) is 15.4. The number of halogens is 2. The van der Waals surface area contributed by atoms with Crippen molar-refractivity contribution in [2.75, 3.05) is 13.2 Å². The molecule has 2 N–H and O–H groups in total. The molecule has 1 unspecified atom stereocenters. The van der Waals surface area contributed by atoms with E-state index < -0.39 is 5.92 Å². The Morgan fingerprint density at radius 2 is 2.04 bits per heavy atom. The highest BCUT2D eigenvalue weighted by Crippen LogP contribution is 2.36. The number of hydrogen-bond donors (Lipinski definition) is 2. The number of hydrogen-bond acceptors (Lipinski definition) is 3. The Hall–Kier alpha value is -2.21. The largest absolute Gasteiger partial charge is 0.493 e. The summed E-state index contributed by atoms with van der Waals surface area (Å²) in [4.78, 5) is 12.2. The first-order valence-corrected chi connectivity index (χ1v) is 9.33. The number of carbonyl (C=O) groups excluding carboxylic acids is 1. The molecule has 0 saturated heterocycles. The van der Waals surface area contributed by atoms with Crippen LogP contribution in [0.4, 0.5) is 8.78 Å². The number of alkyl halides is 2. The highest BCUT2D eigenvalue weighted by atomic mass is 19.3. The maximum atomic E-state index is 13.3. The van der Waals surface area contributed by atoms with Crippen LogP contribution in [0.15, 0.2) is 36.4 Å². The zero-order chi connectivity index (χ0) is 19.4. The smallest absolute Gasteiger partial charge is 0.251 e. The van der Waals surface area contributed by atoms with E-state index in [4.69, 9.17) is 9.84 Å². The molecule has 6 heteroatoms. The molecule has 2 aromatic rings. The second-order valence-corrected chi connectivity index (χ2v) is 7.36. The van der Waals surface area contributed by atoms with Gasteiger partial charge < -0.3 is 15.2 Å². The molecule has 0 aliphatic heterocycles. The third-order valence-electron chi connectivity index (χ3n) is 5.07. The predicted molar refractivity (Wildman–Crippen MR) is 100 cm³/mol. The van der Waals surface area contributed by atoms with Gasteiger partial charge in [-0.3, -0.25) is 4.79 Å². The van der Waals surface area contributed by atoms with Crippen LogP contribution in [-0.2, 0) is 0 Å². The Bertz CT molecular complexity index is 799. The molecule has 1 aliphatic carbocycles. The normalized spacial score (nSPS) is 18.2. The molecular formula is C21H25F2NO3. The molecule has 1 fully saturated rings. The minimum atomic E-state index is -2.53. The van der Waals surface area contributed by atoms with Gasteiger partial charge in [0.1, 0.15) is 5.75 Å². The van der Waals surface area contributed by atoms with Crippen molar-refractivity contribution in [2.24, 2.45) is 5.92 Å². The molecule has 1 aliphatic rings. The molecule has 0 bridgehead atoms. The third-order valence-corrected chi connectivity index (χ3v) is 5.07. The van der Waals surface area contributed by atoms with E-state index in [1.54, 1.807) is 19.1 Å². The maximum Gasteiger partial charge on any atom is 0.251 e. The van der Waals surface area contributed by atoms with Crippen LogP contribution in [0.5, 0.6) is 5.75 Å². The SMILES string of the molecule is CC(CO)NC(=O)c1ccc2c(OCC3CCC(F)(F)CC3)cccc2c1. The molecule has 0 radical (unpaired) electrons. The molecule has 0 heterocycles. The van der Waals surface area contributed by atoms with E-state index in [9.17, 15) is 13.6 Å². The van der Waals surface area contributed by atoms with Crippen molar-refractivity contribution in [2.45, 2.75) is 44.6 Å². The Balaban J connectivity index is 1.69. The fourth-order valence-corrected chi connectivity index (χ4v) is 3.35. The van der Waals surface area contributed by atoms with Gasteiger partial charge in [0.15, 0.2) is 0 Å². The second kappa shape index (κ2) is 8.21. The number of ether oxygens (including phenoxy) is 1. The van der Waals surface area contributed by atoms with Crippen LogP contribution in [-0.4, -0.2) is 36.2 Å². The van der Waals surface area contributed by atoms with E-state index in [2.05, 4.69) is 5.32 Å². The Labute approximate surface area is 157 Å². The fraction of sp³-hybridized carbons (Fsp3) is 0.476. The van der Waals surface area contributed by atoms with Crippen molar-refractivity contribution < 1.29 is 23.4 Å². The van der Waals surface area contributed by atoms with Crippen LogP contribution in [0.1, 0.15) is 43.0 Å². The monoisotopic (exact) mass is 377 g/mol. The van der Waals surface area contributed by atoms with Crippen molar-refractivity contribution in [1.29, 1.82) is 0 Å². The average molecular weight is 377 g/mol. The summed E-state index contributed by atoms with van der Waals surface area (Å²) in [6, 6.07) is 10.6. The Kier molecular flexibility index (Phi) is 5.95. The van der Waals surface area contributed by atoms with E-state index in [1.807, 2.05) is 24.3 Å². The quantitative estimate of drug-likeness (QED) is 0.795. The molecule has 3 rings (SSSR count). The first-order valence-electron chi connectivity index (χ1n) is 9.33. The minimum absolute atomic E-state index is 0.0682. The Morgan fingerprint density at radius 1 is 1.30 bits per heavy atom. The van der Waals surface area contributed by atoms with Gasteiger partial charge in [0.25, 0.3) is 5.91 Å². The van der Waals surface area contributed by atoms with Crippen molar-refractivity contribution in [3.05, 3.63) is 42.0 Å². The predicted octanol–water partition coefficient (Wildman–Crippen LogP) is 4.15. The topological polar surface area (TPSA) is 58.6 Å². The number of benzene rings is 2. The molecule has 27 heavy (non-hydrogen) atoms. The molecular weight excluding hydrogens is 352 g/mol. The van der Waals surface area contributed by atoms with Crippen LogP contribution in [0.3, 0.4) is 0 Å². The van der Waals surface area contributed by atoms with Gasteiger partial charge in [-0.05, 0) is 55.3 Å². The lowest BCUT2D eigenvalue weighted by Crippen LogP contribution is -2.34. The van der Waals surface area contributed by atoms with E-state index in [1.165, 1.54) is 0 Å². The van der Waals surface area contributed by atoms with E-state index in [-0.39, 0.29) is 37.3 Å². The molecule has 1 atom stereocenters. The molecule has 0 aromatic heterocycles. The molecule has 0 spiro atoms. The first-order chi connectivity index (χ1) is 12.9. The molecule has 2 aromatic carbocycles. The number of aliphatic hydroxyl groups excluding tert-OH is 1. The summed E-state index contributed by atoms with van der Waals surface area (Å²) in [5.41, 5.74) is 0.509. The summed E-state index contributed by atoms with van der Waals surface area (Å²) in [6.07, 6.45) is 0.818. The minimum Gasteiger partial charge on any atom is -0.493 e. The van der Waals surface area contributed by atoms with Crippen LogP contribution in [0, 0.1) is 5.92 Å². The van der Waals surface area contributed by atoms with Crippen molar-refractivity contribution >= 4 is 16.7 Å². The van der Waals surface area contributed by atoms with E-state index in [0.29, 0.717) is 30.8 Å². The highest BCUT2D eigenvalue weighted by Gasteiger charge is 2.35. The molecule has 1 saturated carbocycles. The van der Waals surface area contributed by atoms with Crippen molar-refractivity contribution in [3.63, 3.8) is 0 Å². The highest BCUT2D eigenvalue weighted by molar-refractivity contribution is 6.00. The number of amides is 1. The number of carbonyl (C=O) groups is 1. The third kappa shape index (κ3) is 4.95. The van der Waals surface area contributed by atoms with Gasteiger partial charge in [-0.1, -0.05) is 12.1 Å². The zero-order valence-corrected chi connectivity index (χ0v) is 15.4. The lowest BCUT2D eigenvalue weighted by molar-refractivity contribution is -0.0498. The van der Waals surface area contributed by atoms with Crippen LogP contribution in [0.2, 0.25) is 0 Å². The van der Waals surface area contributed by atoms with E-state index >= 15 is 0 Å². The molecule has 4 nitrogen and oxygen atoms in total. The van der Waals surface area contributed by atoms with Crippen molar-refractivity contribution in [1.82, 2.24) is 5.32 Å². The molecule has 1 amide bonds. The number of fused-ring (bicyclic) bond motifs is 1. The summed E-state index contributed by atoms with van der Waals surface area (Å²) in [5, 5.41) is 13.5. The van der Waals surface area contributed by atoms with Gasteiger partial charge in [-0.25, -0.2) is 8.78 Å². The summed E-state index contributed by atoms with van der Waals surface area (Å²) in [6.45, 7) is 2.03. The van der Waals surface area contributed by atoms with E-state index in [0.717, 1.165) is 10.8 Å². The number of rotatable bonds is 6. The number of aliphatic hydroxyl groups is 1. The lowest BCUT2D eigenvalue weighted by Gasteiger charge is -2.28. The van der Waals surface area contributed by atoms with Gasteiger partial charge in [-0.15, -0.1) is 0 Å². The van der Waals surface area contributed by atoms with Gasteiger partial charge in [0, 0.05) is 29.8 Å². The summed E-state index contributed by atoms with van der Waals surface area (Å²) < 4.78 is 32.5. The second-order valence-electron chi connectivity index (χ2n) is 7.36. The van der Waals surface area contributed by atoms with Gasteiger partial charge >= 0.3 is 0 Å². The maximum absolute atomic E-state index is 13.3. The van der Waals surface area contributed by atoms with Gasteiger partial charge in [0.05, 0.1) is 13.2 Å². The molecule has 146 valence electrons. The standard InChI is InChI=1S/C21H25F2NO3/c1-14(12-25)24-20(26)17-5-6-18-16(11-17)3-2-4-19(18)27-13-15-7-9-21(22,23)10-8-15/h2-6,11,14-15,25H,7-10,12-13H2,1H3,(H,24,26). The van der Waals surface area contributed by atoms with Crippen LogP contribution < -0.4 is 10.1 Å².